The van der Waals surface area contributed by atoms with E-state index in [0.717, 1.165) is 59.0 Å². The minimum atomic E-state index is 0.528. The number of nitrogens with one attached hydrogen (secondary N) is 1. The quantitative estimate of drug-likeness (QED) is 0.819. The van der Waals surface area contributed by atoms with Gasteiger partial charge in [-0.05, 0) is 31.8 Å². The molecular formula is C20H31FN4O. The highest BCUT2D eigenvalue weighted by molar-refractivity contribution is 5.48. The molecule has 0 radical (unpaired) electrons. The fourth-order valence-electron chi connectivity index (χ4n) is 3.00. The van der Waals surface area contributed by atoms with E-state index < -0.39 is 0 Å². The first-order valence-corrected chi connectivity index (χ1v) is 9.27. The standard InChI is InChI=1S/C13H21N3.C7H10FNO/c1-15(2)11-12-3-5-13(6-4-12)16-9-7-14-8-10-16;8-2-1-3-9-4-6-10-7-5-9/h3-6,14H,7-11H2,1-2H3;3-7H2. The molecule has 3 rings (SSSR count). The zero-order chi connectivity index (χ0) is 18.6. The van der Waals surface area contributed by atoms with E-state index in [9.17, 15) is 4.39 Å². The molecule has 1 aromatic rings. The number of benzene rings is 1. The molecule has 0 saturated carbocycles. The topological polar surface area (TPSA) is 31.0 Å². The smallest absolute Gasteiger partial charge is 0.106 e. The molecule has 1 aromatic carbocycles. The van der Waals surface area contributed by atoms with Gasteiger partial charge in [0.25, 0.3) is 0 Å². The lowest BCUT2D eigenvalue weighted by Gasteiger charge is -2.29. The molecule has 1 N–H and O–H groups in total. The molecule has 2 saturated heterocycles. The molecule has 2 aliphatic heterocycles. The van der Waals surface area contributed by atoms with Gasteiger partial charge in [0.1, 0.15) is 6.17 Å². The third-order valence-corrected chi connectivity index (χ3v) is 4.39. The Morgan fingerprint density at radius 1 is 1.08 bits per heavy atom. The van der Waals surface area contributed by atoms with Gasteiger partial charge >= 0.3 is 0 Å². The van der Waals surface area contributed by atoms with Gasteiger partial charge in [-0.2, -0.15) is 0 Å². The van der Waals surface area contributed by atoms with Crippen molar-refractivity contribution in [3.63, 3.8) is 0 Å². The number of halogens is 1. The van der Waals surface area contributed by atoms with Crippen molar-refractivity contribution in [1.82, 2.24) is 15.1 Å². The molecule has 5 nitrogen and oxygen atoms in total. The molecule has 0 aromatic heterocycles. The molecule has 0 unspecified atom stereocenters. The second-order valence-corrected chi connectivity index (χ2v) is 6.80. The van der Waals surface area contributed by atoms with E-state index in [2.05, 4.69) is 64.3 Å². The summed E-state index contributed by atoms with van der Waals surface area (Å²) in [6.45, 7) is 9.20. The Bertz CT molecular complexity index is 555. The Balaban J connectivity index is 0.000000209. The molecule has 26 heavy (non-hydrogen) atoms. The highest BCUT2D eigenvalue weighted by atomic mass is 19.1. The summed E-state index contributed by atoms with van der Waals surface area (Å²) < 4.78 is 16.4. The fourth-order valence-corrected chi connectivity index (χ4v) is 3.00. The van der Waals surface area contributed by atoms with Crippen LogP contribution in [0.2, 0.25) is 0 Å². The second-order valence-electron chi connectivity index (χ2n) is 6.80. The number of anilines is 1. The first kappa shape index (κ1) is 20.7. The number of nitrogens with zero attached hydrogens (tertiary/aromatic N) is 3. The lowest BCUT2D eigenvalue weighted by Crippen LogP contribution is -2.43. The van der Waals surface area contributed by atoms with Crippen LogP contribution in [0.5, 0.6) is 0 Å². The molecular weight excluding hydrogens is 331 g/mol. The fraction of sp³-hybridized carbons (Fsp3) is 0.600. The predicted molar refractivity (Wildman–Crippen MR) is 105 cm³/mol. The van der Waals surface area contributed by atoms with Crippen LogP contribution in [0.3, 0.4) is 0 Å². The van der Waals surface area contributed by atoms with Crippen LogP contribution in [0.4, 0.5) is 10.1 Å². The van der Waals surface area contributed by atoms with E-state index >= 15 is 0 Å². The van der Waals surface area contributed by atoms with Crippen LogP contribution in [0.15, 0.2) is 24.3 Å². The summed E-state index contributed by atoms with van der Waals surface area (Å²) in [5.41, 5.74) is 2.73. The molecule has 0 atom stereocenters. The van der Waals surface area contributed by atoms with Crippen LogP contribution in [-0.4, -0.2) is 82.9 Å². The number of hydrogen-bond acceptors (Lipinski definition) is 5. The highest BCUT2D eigenvalue weighted by Gasteiger charge is 2.10. The molecule has 0 amide bonds. The normalized spacial score (nSPS) is 17.9. The van der Waals surface area contributed by atoms with Crippen LogP contribution < -0.4 is 10.2 Å². The van der Waals surface area contributed by atoms with Crippen molar-refractivity contribution < 1.29 is 9.13 Å². The van der Waals surface area contributed by atoms with Gasteiger partial charge in [-0.25, -0.2) is 0 Å². The van der Waals surface area contributed by atoms with Gasteiger partial charge in [-0.3, -0.25) is 4.90 Å². The Morgan fingerprint density at radius 2 is 1.73 bits per heavy atom. The summed E-state index contributed by atoms with van der Waals surface area (Å²) in [5.74, 6) is 2.37. The lowest BCUT2D eigenvalue weighted by atomic mass is 10.2. The number of morpholine rings is 1. The van der Waals surface area contributed by atoms with Crippen molar-refractivity contribution >= 4 is 5.69 Å². The van der Waals surface area contributed by atoms with Crippen LogP contribution in [0, 0.1) is 12.1 Å². The minimum absolute atomic E-state index is 0.528. The van der Waals surface area contributed by atoms with Gasteiger partial charge < -0.3 is 19.9 Å². The maximum absolute atomic E-state index is 11.3. The van der Waals surface area contributed by atoms with Gasteiger partial charge in [0.05, 0.1) is 19.8 Å². The minimum Gasteiger partial charge on any atom is -0.379 e. The average molecular weight is 362 g/mol. The van der Waals surface area contributed by atoms with E-state index in [4.69, 9.17) is 4.74 Å². The largest absolute Gasteiger partial charge is 0.379 e. The Hall–Kier alpha value is -1.65. The molecule has 0 spiro atoms. The number of rotatable bonds is 4. The van der Waals surface area contributed by atoms with Gasteiger partial charge in [0.15, 0.2) is 0 Å². The molecule has 0 aliphatic carbocycles. The Labute approximate surface area is 157 Å². The van der Waals surface area contributed by atoms with Crippen molar-refractivity contribution in [1.29, 1.82) is 0 Å². The number of ether oxygens (including phenoxy) is 1. The van der Waals surface area contributed by atoms with Crippen molar-refractivity contribution in [2.45, 2.75) is 6.54 Å². The van der Waals surface area contributed by atoms with Crippen LogP contribution in [0.1, 0.15) is 5.56 Å². The predicted octanol–water partition coefficient (Wildman–Crippen LogP) is 1.41. The van der Waals surface area contributed by atoms with Crippen molar-refractivity contribution in [2.75, 3.05) is 78.0 Å². The first-order chi connectivity index (χ1) is 12.7. The van der Waals surface area contributed by atoms with Gasteiger partial charge in [0, 0.05) is 51.5 Å². The zero-order valence-electron chi connectivity index (χ0n) is 16.0. The van der Waals surface area contributed by atoms with Gasteiger partial charge in [-0.15, -0.1) is 4.39 Å². The molecule has 2 aliphatic rings. The Kier molecular flexibility index (Phi) is 9.43. The van der Waals surface area contributed by atoms with Crippen LogP contribution >= 0.6 is 0 Å². The molecule has 144 valence electrons. The average Bonchev–Trinajstić information content (AvgIpc) is 2.68. The number of piperazine rings is 1. The molecule has 2 heterocycles. The van der Waals surface area contributed by atoms with E-state index in [-0.39, 0.29) is 0 Å². The third-order valence-electron chi connectivity index (χ3n) is 4.39. The number of hydrogen-bond donors (Lipinski definition) is 1. The molecule has 6 heteroatoms. The van der Waals surface area contributed by atoms with Crippen LogP contribution in [-0.2, 0) is 11.3 Å². The maximum atomic E-state index is 11.3. The maximum Gasteiger partial charge on any atom is 0.106 e. The van der Waals surface area contributed by atoms with Crippen molar-refractivity contribution in [2.24, 2.45) is 0 Å². The van der Waals surface area contributed by atoms with E-state index in [1.165, 1.54) is 17.4 Å². The third kappa shape index (κ3) is 7.71. The van der Waals surface area contributed by atoms with Crippen molar-refractivity contribution in [3.8, 4) is 12.1 Å². The summed E-state index contributed by atoms with van der Waals surface area (Å²) in [6, 6.07) is 8.95. The summed E-state index contributed by atoms with van der Waals surface area (Å²) in [5, 5.41) is 3.37. The summed E-state index contributed by atoms with van der Waals surface area (Å²) >= 11 is 0. The summed E-state index contributed by atoms with van der Waals surface area (Å²) in [6.07, 6.45) is 1.38. The van der Waals surface area contributed by atoms with Crippen molar-refractivity contribution in [3.05, 3.63) is 29.8 Å². The van der Waals surface area contributed by atoms with E-state index in [1.54, 1.807) is 0 Å². The summed E-state index contributed by atoms with van der Waals surface area (Å²) in [7, 11) is 4.20. The van der Waals surface area contributed by atoms with E-state index in [1.807, 2.05) is 0 Å². The monoisotopic (exact) mass is 362 g/mol. The SMILES string of the molecule is CN(C)Cc1ccc(N2CCNCC2)cc1.FC#CCN1CCOCC1. The van der Waals surface area contributed by atoms with Gasteiger partial charge in [0.2, 0.25) is 0 Å². The molecule has 0 bridgehead atoms. The Morgan fingerprint density at radius 3 is 2.31 bits per heavy atom. The summed E-state index contributed by atoms with van der Waals surface area (Å²) in [4.78, 5) is 6.70. The van der Waals surface area contributed by atoms with Crippen LogP contribution in [0.25, 0.3) is 0 Å². The first-order valence-electron chi connectivity index (χ1n) is 9.27. The highest BCUT2D eigenvalue weighted by Crippen LogP contribution is 2.16. The lowest BCUT2D eigenvalue weighted by molar-refractivity contribution is 0.0443. The van der Waals surface area contributed by atoms with E-state index in [0.29, 0.717) is 6.54 Å². The second kappa shape index (κ2) is 11.9. The zero-order valence-corrected chi connectivity index (χ0v) is 16.0. The van der Waals surface area contributed by atoms with Gasteiger partial charge in [-0.1, -0.05) is 18.1 Å². The molecule has 2 fully saturated rings.